The van der Waals surface area contributed by atoms with Gasteiger partial charge >= 0.3 is 12.3 Å². The van der Waals surface area contributed by atoms with E-state index in [0.29, 0.717) is 19.4 Å². The highest BCUT2D eigenvalue weighted by atomic mass is 19.4. The first kappa shape index (κ1) is 21.2. The van der Waals surface area contributed by atoms with Gasteiger partial charge in [-0.25, -0.2) is 9.78 Å². The van der Waals surface area contributed by atoms with Crippen molar-refractivity contribution in [2.24, 2.45) is 0 Å². The lowest BCUT2D eigenvalue weighted by molar-refractivity contribution is -0.147. The Balaban J connectivity index is 1.57. The van der Waals surface area contributed by atoms with Crippen molar-refractivity contribution in [3.63, 3.8) is 0 Å². The number of alkyl halides is 3. The minimum absolute atomic E-state index is 0.144. The van der Waals surface area contributed by atoms with Crippen LogP contribution in [0.1, 0.15) is 39.2 Å². The van der Waals surface area contributed by atoms with E-state index in [2.05, 4.69) is 4.98 Å². The summed E-state index contributed by atoms with van der Waals surface area (Å²) < 4.78 is 49.8. The number of nitrogens with zero attached hydrogens (tertiary/aromatic N) is 3. The SMILES string of the molecule is CC(C)(C)OC(=O)N1CCCC1C(=O)N1CC(Oc2ncccc2C(F)(F)F)C1. The molecule has 2 fully saturated rings. The standard InChI is InChI=1S/C19H24F3N3O4/c1-18(2,3)29-17(27)25-9-5-7-14(25)16(26)24-10-12(11-24)28-15-13(19(20,21)22)6-4-8-23-15/h4,6,8,12,14H,5,7,9-11H2,1-3H3. The van der Waals surface area contributed by atoms with Crippen molar-refractivity contribution in [2.75, 3.05) is 19.6 Å². The van der Waals surface area contributed by atoms with Gasteiger partial charge in [-0.1, -0.05) is 0 Å². The van der Waals surface area contributed by atoms with Gasteiger partial charge in [-0.2, -0.15) is 13.2 Å². The quantitative estimate of drug-likeness (QED) is 0.759. The maximum absolute atomic E-state index is 13.0. The summed E-state index contributed by atoms with van der Waals surface area (Å²) in [5, 5.41) is 0. The van der Waals surface area contributed by atoms with Gasteiger partial charge in [0.25, 0.3) is 0 Å². The Morgan fingerprint density at radius 3 is 2.52 bits per heavy atom. The van der Waals surface area contributed by atoms with Gasteiger partial charge in [0.2, 0.25) is 11.8 Å². The average Bonchev–Trinajstić information content (AvgIpc) is 3.05. The first-order valence-electron chi connectivity index (χ1n) is 9.43. The van der Waals surface area contributed by atoms with Crippen LogP contribution in [0.3, 0.4) is 0 Å². The molecular formula is C19H24F3N3O4. The third kappa shape index (κ3) is 4.91. The van der Waals surface area contributed by atoms with Crippen molar-refractivity contribution in [3.05, 3.63) is 23.9 Å². The third-order valence-electron chi connectivity index (χ3n) is 4.68. The fourth-order valence-electron chi connectivity index (χ4n) is 3.32. The Morgan fingerprint density at radius 2 is 1.90 bits per heavy atom. The summed E-state index contributed by atoms with van der Waals surface area (Å²) in [5.74, 6) is -0.737. The molecule has 1 unspecified atom stereocenters. The molecule has 0 N–H and O–H groups in total. The maximum atomic E-state index is 13.0. The van der Waals surface area contributed by atoms with Crippen LogP contribution >= 0.6 is 0 Å². The summed E-state index contributed by atoms with van der Waals surface area (Å²) in [7, 11) is 0. The summed E-state index contributed by atoms with van der Waals surface area (Å²) >= 11 is 0. The number of likely N-dealkylation sites (tertiary alicyclic amines) is 2. The topological polar surface area (TPSA) is 72.0 Å². The number of hydrogen-bond donors (Lipinski definition) is 0. The van der Waals surface area contributed by atoms with E-state index in [1.54, 1.807) is 20.8 Å². The van der Waals surface area contributed by atoms with Gasteiger partial charge in [0, 0.05) is 12.7 Å². The van der Waals surface area contributed by atoms with E-state index >= 15 is 0 Å². The average molecular weight is 415 g/mol. The highest BCUT2D eigenvalue weighted by molar-refractivity contribution is 5.87. The molecule has 29 heavy (non-hydrogen) atoms. The predicted molar refractivity (Wildman–Crippen MR) is 96.2 cm³/mol. The zero-order valence-electron chi connectivity index (χ0n) is 16.5. The van der Waals surface area contributed by atoms with Gasteiger partial charge in [-0.15, -0.1) is 0 Å². The molecule has 0 bridgehead atoms. The molecule has 1 aromatic rings. The first-order valence-corrected chi connectivity index (χ1v) is 9.43. The lowest BCUT2D eigenvalue weighted by atomic mass is 10.1. The fourth-order valence-corrected chi connectivity index (χ4v) is 3.32. The number of ether oxygens (including phenoxy) is 2. The Labute approximate surface area is 166 Å². The van der Waals surface area contributed by atoms with E-state index in [0.717, 1.165) is 6.07 Å². The molecule has 0 radical (unpaired) electrons. The minimum Gasteiger partial charge on any atom is -0.470 e. The number of pyridine rings is 1. The highest BCUT2D eigenvalue weighted by Crippen LogP contribution is 2.35. The van der Waals surface area contributed by atoms with Crippen LogP contribution < -0.4 is 4.74 Å². The van der Waals surface area contributed by atoms with Gasteiger partial charge in [0.05, 0.1) is 13.1 Å². The number of rotatable bonds is 3. The molecule has 10 heteroatoms. The number of carbonyl (C=O) groups is 2. The van der Waals surface area contributed by atoms with Crippen molar-refractivity contribution in [1.82, 2.24) is 14.8 Å². The largest absolute Gasteiger partial charge is 0.470 e. The third-order valence-corrected chi connectivity index (χ3v) is 4.68. The van der Waals surface area contributed by atoms with Crippen LogP contribution in [-0.2, 0) is 15.7 Å². The molecule has 2 saturated heterocycles. The number of aromatic nitrogens is 1. The molecule has 160 valence electrons. The molecule has 2 aliphatic heterocycles. The molecule has 3 heterocycles. The second-order valence-corrected chi connectivity index (χ2v) is 8.17. The van der Waals surface area contributed by atoms with Crippen LogP contribution in [-0.4, -0.2) is 64.2 Å². The first-order chi connectivity index (χ1) is 13.5. The highest BCUT2D eigenvalue weighted by Gasteiger charge is 2.43. The maximum Gasteiger partial charge on any atom is 0.421 e. The van der Waals surface area contributed by atoms with E-state index < -0.39 is 41.5 Å². The summed E-state index contributed by atoms with van der Waals surface area (Å²) in [6.45, 7) is 5.98. The molecular weight excluding hydrogens is 391 g/mol. The van der Waals surface area contributed by atoms with Gasteiger partial charge < -0.3 is 14.4 Å². The summed E-state index contributed by atoms with van der Waals surface area (Å²) in [5.41, 5.74) is -1.61. The van der Waals surface area contributed by atoms with Crippen molar-refractivity contribution in [2.45, 2.75) is 57.5 Å². The molecule has 1 aromatic heterocycles. The van der Waals surface area contributed by atoms with Crippen molar-refractivity contribution in [3.8, 4) is 5.88 Å². The number of amides is 2. The molecule has 0 spiro atoms. The molecule has 3 rings (SSSR count). The smallest absolute Gasteiger partial charge is 0.421 e. The molecule has 2 aliphatic rings. The summed E-state index contributed by atoms with van der Waals surface area (Å²) in [6, 6.07) is 1.48. The molecule has 1 atom stereocenters. The van der Waals surface area contributed by atoms with Gasteiger partial charge in [-0.3, -0.25) is 9.69 Å². The lowest BCUT2D eigenvalue weighted by Crippen LogP contribution is -2.60. The molecule has 0 aliphatic carbocycles. The van der Waals surface area contributed by atoms with Crippen molar-refractivity contribution < 1.29 is 32.2 Å². The van der Waals surface area contributed by atoms with E-state index in [-0.39, 0.29) is 19.0 Å². The Bertz CT molecular complexity index is 773. The summed E-state index contributed by atoms with van der Waals surface area (Å²) in [6.07, 6.45) is -3.24. The van der Waals surface area contributed by atoms with Crippen LogP contribution in [0.4, 0.5) is 18.0 Å². The molecule has 0 aromatic carbocycles. The molecule has 2 amide bonds. The number of carbonyl (C=O) groups excluding carboxylic acids is 2. The van der Waals surface area contributed by atoms with Gasteiger partial charge in [-0.05, 0) is 45.7 Å². The van der Waals surface area contributed by atoms with Crippen molar-refractivity contribution in [1.29, 1.82) is 0 Å². The second kappa shape index (κ2) is 7.72. The Hall–Kier alpha value is -2.52. The molecule has 7 nitrogen and oxygen atoms in total. The van der Waals surface area contributed by atoms with Crippen molar-refractivity contribution >= 4 is 12.0 Å². The Morgan fingerprint density at radius 1 is 1.21 bits per heavy atom. The summed E-state index contributed by atoms with van der Waals surface area (Å²) in [4.78, 5) is 31.7. The number of halogens is 3. The van der Waals surface area contributed by atoms with Crippen LogP contribution in [0, 0.1) is 0 Å². The second-order valence-electron chi connectivity index (χ2n) is 8.17. The predicted octanol–water partition coefficient (Wildman–Crippen LogP) is 3.09. The van der Waals surface area contributed by atoms with Crippen LogP contribution in [0.2, 0.25) is 0 Å². The van der Waals surface area contributed by atoms with E-state index in [9.17, 15) is 22.8 Å². The Kier molecular flexibility index (Phi) is 5.64. The van der Waals surface area contributed by atoms with Gasteiger partial charge in [0.1, 0.15) is 23.3 Å². The van der Waals surface area contributed by atoms with E-state index in [1.807, 2.05) is 0 Å². The minimum atomic E-state index is -4.57. The normalized spacial score (nSPS) is 20.4. The number of hydrogen-bond acceptors (Lipinski definition) is 5. The van der Waals surface area contributed by atoms with E-state index in [1.165, 1.54) is 22.1 Å². The molecule has 0 saturated carbocycles. The zero-order valence-corrected chi connectivity index (χ0v) is 16.5. The van der Waals surface area contributed by atoms with E-state index in [4.69, 9.17) is 9.47 Å². The fraction of sp³-hybridized carbons (Fsp3) is 0.632. The monoisotopic (exact) mass is 415 g/mol. The van der Waals surface area contributed by atoms with Gasteiger partial charge in [0.15, 0.2) is 0 Å². The zero-order chi connectivity index (χ0) is 21.4. The van der Waals surface area contributed by atoms with Crippen LogP contribution in [0.15, 0.2) is 18.3 Å². The lowest BCUT2D eigenvalue weighted by Gasteiger charge is -2.41. The van der Waals surface area contributed by atoms with Crippen LogP contribution in [0.5, 0.6) is 5.88 Å². The van der Waals surface area contributed by atoms with Crippen LogP contribution in [0.25, 0.3) is 0 Å².